The lowest BCUT2D eigenvalue weighted by Gasteiger charge is -2.13. The smallest absolute Gasteiger partial charge is 0.0620 e. The molecule has 2 aromatic rings. The Hall–Kier alpha value is -1.96. The number of aryl methyl sites for hydroxylation is 2. The van der Waals surface area contributed by atoms with Crippen LogP contribution in [0.4, 0.5) is 17.1 Å². The predicted octanol–water partition coefficient (Wildman–Crippen LogP) is 3.94. The van der Waals surface area contributed by atoms with Gasteiger partial charge < -0.3 is 11.1 Å². The predicted molar refractivity (Wildman–Crippen MR) is 74.8 cm³/mol. The van der Waals surface area contributed by atoms with Crippen LogP contribution in [0, 0.1) is 20.8 Å². The second-order valence-corrected chi connectivity index (χ2v) is 4.46. The van der Waals surface area contributed by atoms with Crippen LogP contribution in [0.25, 0.3) is 0 Å². The summed E-state index contributed by atoms with van der Waals surface area (Å²) in [6, 6.07) is 12.3. The van der Waals surface area contributed by atoms with E-state index in [1.54, 1.807) is 0 Å². The van der Waals surface area contributed by atoms with Crippen LogP contribution in [-0.2, 0) is 0 Å². The van der Waals surface area contributed by atoms with Crippen molar-refractivity contribution in [3.63, 3.8) is 0 Å². The molecule has 0 spiro atoms. The lowest BCUT2D eigenvalue weighted by Crippen LogP contribution is -1.99. The molecule has 0 fully saturated rings. The summed E-state index contributed by atoms with van der Waals surface area (Å²) in [7, 11) is 0. The molecular formula is C15H18N2. The zero-order valence-electron chi connectivity index (χ0n) is 10.5. The molecule has 0 bridgehead atoms. The van der Waals surface area contributed by atoms with Crippen LogP contribution in [0.2, 0.25) is 0 Å². The van der Waals surface area contributed by atoms with Crippen molar-refractivity contribution in [3.8, 4) is 0 Å². The minimum Gasteiger partial charge on any atom is -0.397 e. The molecule has 0 heterocycles. The first-order valence-corrected chi connectivity index (χ1v) is 5.77. The summed E-state index contributed by atoms with van der Waals surface area (Å²) >= 11 is 0. The Morgan fingerprint density at radius 3 is 2.47 bits per heavy atom. The first kappa shape index (κ1) is 11.5. The summed E-state index contributed by atoms with van der Waals surface area (Å²) in [6.07, 6.45) is 0. The van der Waals surface area contributed by atoms with Gasteiger partial charge in [-0.2, -0.15) is 0 Å². The van der Waals surface area contributed by atoms with Crippen molar-refractivity contribution >= 4 is 17.1 Å². The van der Waals surface area contributed by atoms with Crippen LogP contribution in [-0.4, -0.2) is 0 Å². The highest BCUT2D eigenvalue weighted by molar-refractivity contribution is 5.74. The van der Waals surface area contributed by atoms with Crippen LogP contribution in [0.15, 0.2) is 36.4 Å². The van der Waals surface area contributed by atoms with Gasteiger partial charge in [-0.1, -0.05) is 18.2 Å². The molecule has 2 nitrogen and oxygen atoms in total. The van der Waals surface area contributed by atoms with E-state index in [0.717, 1.165) is 17.1 Å². The van der Waals surface area contributed by atoms with E-state index >= 15 is 0 Å². The summed E-state index contributed by atoms with van der Waals surface area (Å²) < 4.78 is 0. The number of nitrogens with one attached hydrogen (secondary N) is 1. The molecule has 0 aliphatic heterocycles. The third-order valence-electron chi connectivity index (χ3n) is 3.08. The maximum Gasteiger partial charge on any atom is 0.0620 e. The lowest BCUT2D eigenvalue weighted by molar-refractivity contribution is 1.33. The van der Waals surface area contributed by atoms with Gasteiger partial charge in [-0.05, 0) is 55.7 Å². The van der Waals surface area contributed by atoms with Crippen molar-refractivity contribution in [1.29, 1.82) is 0 Å². The first-order valence-electron chi connectivity index (χ1n) is 5.77. The van der Waals surface area contributed by atoms with Gasteiger partial charge in [0, 0.05) is 5.69 Å². The highest BCUT2D eigenvalue weighted by Crippen LogP contribution is 2.27. The zero-order valence-corrected chi connectivity index (χ0v) is 10.5. The van der Waals surface area contributed by atoms with E-state index in [-0.39, 0.29) is 0 Å². The number of nitrogen functional groups attached to an aromatic ring is 1. The quantitative estimate of drug-likeness (QED) is 0.761. The molecule has 0 aromatic heterocycles. The fourth-order valence-corrected chi connectivity index (χ4v) is 1.81. The molecule has 2 aromatic carbocycles. The maximum absolute atomic E-state index is 5.96. The van der Waals surface area contributed by atoms with E-state index in [1.165, 1.54) is 16.7 Å². The van der Waals surface area contributed by atoms with Crippen LogP contribution >= 0.6 is 0 Å². The second kappa shape index (κ2) is 4.50. The summed E-state index contributed by atoms with van der Waals surface area (Å²) in [5.41, 5.74) is 12.6. The largest absolute Gasteiger partial charge is 0.397 e. The van der Waals surface area contributed by atoms with E-state index < -0.39 is 0 Å². The minimum atomic E-state index is 0.775. The van der Waals surface area contributed by atoms with Crippen LogP contribution in [0.1, 0.15) is 16.7 Å². The van der Waals surface area contributed by atoms with Crippen molar-refractivity contribution in [3.05, 3.63) is 53.1 Å². The molecule has 0 aliphatic rings. The molecular weight excluding hydrogens is 208 g/mol. The third-order valence-corrected chi connectivity index (χ3v) is 3.08. The topological polar surface area (TPSA) is 38.0 Å². The fourth-order valence-electron chi connectivity index (χ4n) is 1.81. The fraction of sp³-hybridized carbons (Fsp3) is 0.200. The molecule has 0 atom stereocenters. The van der Waals surface area contributed by atoms with Crippen LogP contribution in [0.3, 0.4) is 0 Å². The van der Waals surface area contributed by atoms with Gasteiger partial charge in [0.2, 0.25) is 0 Å². The highest BCUT2D eigenvalue weighted by atomic mass is 14.9. The molecule has 0 saturated heterocycles. The number of hydrogen-bond acceptors (Lipinski definition) is 2. The van der Waals surface area contributed by atoms with Gasteiger partial charge in [0.15, 0.2) is 0 Å². The van der Waals surface area contributed by atoms with Crippen LogP contribution < -0.4 is 11.1 Å². The number of rotatable bonds is 2. The Balaban J connectivity index is 2.38. The normalized spacial score (nSPS) is 10.3. The van der Waals surface area contributed by atoms with E-state index in [0.29, 0.717) is 0 Å². The molecule has 0 unspecified atom stereocenters. The van der Waals surface area contributed by atoms with Gasteiger partial charge in [-0.15, -0.1) is 0 Å². The number of anilines is 3. The monoisotopic (exact) mass is 226 g/mol. The molecule has 0 saturated carbocycles. The van der Waals surface area contributed by atoms with Gasteiger partial charge >= 0.3 is 0 Å². The van der Waals surface area contributed by atoms with Gasteiger partial charge in [0.25, 0.3) is 0 Å². The van der Waals surface area contributed by atoms with E-state index in [2.05, 4.69) is 50.4 Å². The highest BCUT2D eigenvalue weighted by Gasteiger charge is 2.03. The summed E-state index contributed by atoms with van der Waals surface area (Å²) in [4.78, 5) is 0. The van der Waals surface area contributed by atoms with E-state index in [9.17, 15) is 0 Å². The number of nitrogens with two attached hydrogens (primary N) is 1. The number of benzene rings is 2. The average molecular weight is 226 g/mol. The van der Waals surface area contributed by atoms with Gasteiger partial charge in [0.1, 0.15) is 0 Å². The first-order chi connectivity index (χ1) is 8.08. The van der Waals surface area contributed by atoms with Crippen molar-refractivity contribution in [2.75, 3.05) is 11.1 Å². The third kappa shape index (κ3) is 2.41. The van der Waals surface area contributed by atoms with Gasteiger partial charge in [0.05, 0.1) is 11.4 Å². The summed E-state index contributed by atoms with van der Waals surface area (Å²) in [5.74, 6) is 0. The Bertz CT molecular complexity index is 545. The molecule has 88 valence electrons. The van der Waals surface area contributed by atoms with Crippen molar-refractivity contribution < 1.29 is 0 Å². The van der Waals surface area contributed by atoms with E-state index in [4.69, 9.17) is 5.73 Å². The van der Waals surface area contributed by atoms with E-state index in [1.807, 2.05) is 12.1 Å². The molecule has 0 aliphatic carbocycles. The minimum absolute atomic E-state index is 0.775. The molecule has 3 N–H and O–H groups in total. The summed E-state index contributed by atoms with van der Waals surface area (Å²) in [5, 5.41) is 3.40. The second-order valence-electron chi connectivity index (χ2n) is 4.46. The average Bonchev–Trinajstić information content (AvgIpc) is 2.30. The van der Waals surface area contributed by atoms with Crippen molar-refractivity contribution in [1.82, 2.24) is 0 Å². The van der Waals surface area contributed by atoms with Gasteiger partial charge in [-0.25, -0.2) is 0 Å². The molecule has 17 heavy (non-hydrogen) atoms. The lowest BCUT2D eigenvalue weighted by atomic mass is 10.1. The molecule has 0 radical (unpaired) electrons. The Morgan fingerprint density at radius 1 is 0.941 bits per heavy atom. The molecule has 2 rings (SSSR count). The Labute approximate surface area is 102 Å². The Kier molecular flexibility index (Phi) is 3.05. The standard InChI is InChI=1S/C15H18N2/c1-10-7-8-13(16)15(9-10)17-14-6-4-5-11(2)12(14)3/h4-9,17H,16H2,1-3H3. The van der Waals surface area contributed by atoms with Gasteiger partial charge in [-0.3, -0.25) is 0 Å². The Morgan fingerprint density at radius 2 is 1.71 bits per heavy atom. The SMILES string of the molecule is Cc1ccc(N)c(Nc2cccc(C)c2C)c1. The summed E-state index contributed by atoms with van der Waals surface area (Å²) in [6.45, 7) is 6.29. The van der Waals surface area contributed by atoms with Crippen molar-refractivity contribution in [2.24, 2.45) is 0 Å². The maximum atomic E-state index is 5.96. The van der Waals surface area contributed by atoms with Crippen molar-refractivity contribution in [2.45, 2.75) is 20.8 Å². The number of hydrogen-bond donors (Lipinski definition) is 2. The molecule has 2 heteroatoms. The zero-order chi connectivity index (χ0) is 12.4. The molecule has 0 amide bonds. The van der Waals surface area contributed by atoms with Crippen LogP contribution in [0.5, 0.6) is 0 Å².